The predicted molar refractivity (Wildman–Crippen MR) is 116 cm³/mol. The van der Waals surface area contributed by atoms with Crippen molar-refractivity contribution in [2.75, 3.05) is 26.9 Å². The van der Waals surface area contributed by atoms with Crippen molar-refractivity contribution in [1.82, 2.24) is 0 Å². The van der Waals surface area contributed by atoms with Crippen molar-refractivity contribution in [1.29, 1.82) is 0 Å². The molecular weight excluding hydrogens is 488 g/mol. The summed E-state index contributed by atoms with van der Waals surface area (Å²) < 4.78 is 26.0. The molecule has 202 valence electrons. The minimum absolute atomic E-state index is 0.0851. The maximum absolute atomic E-state index is 12.1. The molecule has 14 nitrogen and oxygen atoms in total. The van der Waals surface area contributed by atoms with Crippen LogP contribution in [0.2, 0.25) is 0 Å². The lowest BCUT2D eigenvalue weighted by molar-refractivity contribution is -0.383. The fourth-order valence-electron chi connectivity index (χ4n) is 3.79. The quantitative estimate of drug-likeness (QED) is 0.118. The molecular formula is C22H30O14. The third-order valence-corrected chi connectivity index (χ3v) is 5.90. The monoisotopic (exact) mass is 518 g/mol. The van der Waals surface area contributed by atoms with Crippen LogP contribution in [0.15, 0.2) is 24.3 Å². The van der Waals surface area contributed by atoms with Gasteiger partial charge in [-0.25, -0.2) is 4.79 Å². The number of esters is 1. The van der Waals surface area contributed by atoms with Crippen LogP contribution in [0.5, 0.6) is 11.5 Å². The largest absolute Gasteiger partial charge is 0.504 e. The maximum Gasteiger partial charge on any atom is 0.330 e. The number of aliphatic hydroxyl groups is 7. The molecule has 9 atom stereocenters. The molecule has 0 radical (unpaired) electrons. The van der Waals surface area contributed by atoms with Crippen LogP contribution < -0.4 is 4.74 Å². The maximum atomic E-state index is 12.1. The molecule has 0 unspecified atom stereocenters. The van der Waals surface area contributed by atoms with Crippen molar-refractivity contribution < 1.29 is 69.3 Å². The number of benzene rings is 1. The molecule has 1 aromatic carbocycles. The third kappa shape index (κ3) is 5.78. The van der Waals surface area contributed by atoms with Gasteiger partial charge in [0, 0.05) is 6.08 Å². The van der Waals surface area contributed by atoms with Crippen LogP contribution in [0, 0.1) is 0 Å². The van der Waals surface area contributed by atoms with Crippen molar-refractivity contribution in [3.63, 3.8) is 0 Å². The number of aromatic hydroxyl groups is 1. The van der Waals surface area contributed by atoms with Gasteiger partial charge in [0.1, 0.15) is 55.9 Å². The number of carbonyl (C=O) groups is 1. The molecule has 0 aromatic heterocycles. The van der Waals surface area contributed by atoms with E-state index in [0.717, 1.165) is 6.08 Å². The van der Waals surface area contributed by atoms with E-state index in [0.29, 0.717) is 5.56 Å². The van der Waals surface area contributed by atoms with Gasteiger partial charge in [0.25, 0.3) is 0 Å². The fourth-order valence-corrected chi connectivity index (χ4v) is 3.79. The Morgan fingerprint density at radius 2 is 1.78 bits per heavy atom. The Morgan fingerprint density at radius 1 is 1.06 bits per heavy atom. The summed E-state index contributed by atoms with van der Waals surface area (Å²) in [6, 6.07) is 4.36. The lowest BCUT2D eigenvalue weighted by Crippen LogP contribution is -2.62. The summed E-state index contributed by atoms with van der Waals surface area (Å²) in [7, 11) is 1.36. The average molecular weight is 518 g/mol. The molecule has 0 bridgehead atoms. The second-order valence-corrected chi connectivity index (χ2v) is 8.27. The molecule has 2 aliphatic heterocycles. The molecule has 3 rings (SSSR count). The van der Waals surface area contributed by atoms with Crippen molar-refractivity contribution in [2.45, 2.75) is 54.8 Å². The Kier molecular flexibility index (Phi) is 9.23. The molecule has 14 heteroatoms. The first-order chi connectivity index (χ1) is 17.1. The van der Waals surface area contributed by atoms with Gasteiger partial charge in [0.2, 0.25) is 5.79 Å². The van der Waals surface area contributed by atoms with Gasteiger partial charge in [0.05, 0.1) is 13.7 Å². The number of ether oxygens (including phenoxy) is 5. The zero-order chi connectivity index (χ0) is 26.6. The number of hydrogen-bond acceptors (Lipinski definition) is 14. The molecule has 0 saturated carbocycles. The van der Waals surface area contributed by atoms with Crippen LogP contribution >= 0.6 is 0 Å². The van der Waals surface area contributed by atoms with Crippen LogP contribution in [0.25, 0.3) is 6.08 Å². The molecule has 2 aliphatic rings. The summed E-state index contributed by atoms with van der Waals surface area (Å²) in [5.74, 6) is -3.07. The van der Waals surface area contributed by atoms with Gasteiger partial charge in [-0.05, 0) is 23.8 Å². The predicted octanol–water partition coefficient (Wildman–Crippen LogP) is -3.42. The summed E-state index contributed by atoms with van der Waals surface area (Å²) in [5.41, 5.74) is 0.510. The minimum Gasteiger partial charge on any atom is -0.504 e. The Morgan fingerprint density at radius 3 is 2.39 bits per heavy atom. The Labute approximate surface area is 205 Å². The first kappa shape index (κ1) is 28.2. The van der Waals surface area contributed by atoms with Gasteiger partial charge < -0.3 is 64.5 Å². The first-order valence-corrected chi connectivity index (χ1v) is 10.9. The highest BCUT2D eigenvalue weighted by Crippen LogP contribution is 2.36. The Balaban J connectivity index is 1.64. The Hall–Kier alpha value is -2.37. The topological polar surface area (TPSA) is 225 Å². The summed E-state index contributed by atoms with van der Waals surface area (Å²) in [5, 5.41) is 79.6. The highest BCUT2D eigenvalue weighted by molar-refractivity contribution is 5.87. The number of phenolic OH excluding ortho intramolecular Hbond substituents is 1. The van der Waals surface area contributed by atoms with Gasteiger partial charge in [0.15, 0.2) is 17.8 Å². The number of carbonyl (C=O) groups excluding carboxylic acids is 1. The fraction of sp³-hybridized carbons (Fsp3) is 0.591. The van der Waals surface area contributed by atoms with E-state index in [9.17, 15) is 45.6 Å². The van der Waals surface area contributed by atoms with Crippen LogP contribution in [0.4, 0.5) is 0 Å². The van der Waals surface area contributed by atoms with Crippen molar-refractivity contribution >= 4 is 12.0 Å². The van der Waals surface area contributed by atoms with Gasteiger partial charge in [-0.3, -0.25) is 0 Å². The van der Waals surface area contributed by atoms with Crippen molar-refractivity contribution in [3.05, 3.63) is 29.8 Å². The van der Waals surface area contributed by atoms with E-state index in [-0.39, 0.29) is 11.5 Å². The van der Waals surface area contributed by atoms with E-state index in [1.54, 1.807) is 0 Å². The third-order valence-electron chi connectivity index (χ3n) is 5.90. The number of aliphatic hydroxyl groups excluding tert-OH is 7. The minimum atomic E-state index is -2.32. The smallest absolute Gasteiger partial charge is 0.330 e. The highest BCUT2D eigenvalue weighted by atomic mass is 16.8. The molecule has 8 N–H and O–H groups in total. The van der Waals surface area contributed by atoms with Crippen LogP contribution in [-0.4, -0.2) is 129 Å². The highest BCUT2D eigenvalue weighted by Gasteiger charge is 2.58. The van der Waals surface area contributed by atoms with E-state index >= 15 is 0 Å². The average Bonchev–Trinajstić information content (AvgIpc) is 3.12. The molecule has 0 amide bonds. The number of phenols is 1. The van der Waals surface area contributed by atoms with Gasteiger partial charge in [-0.2, -0.15) is 0 Å². The second-order valence-electron chi connectivity index (χ2n) is 8.27. The number of rotatable bonds is 9. The zero-order valence-electron chi connectivity index (χ0n) is 19.2. The molecule has 2 heterocycles. The van der Waals surface area contributed by atoms with Gasteiger partial charge in [-0.15, -0.1) is 0 Å². The van der Waals surface area contributed by atoms with Crippen LogP contribution in [0.1, 0.15) is 5.56 Å². The SMILES string of the molecule is COc1cc(/C=C/C(=O)OC[C@H]2O[C@H](O[C@]3(CO)O[C@H](CO)[C@@H](O)[C@@H]3O)[C@H](O)[C@@H](O)[C@H]2O)ccc1O. The summed E-state index contributed by atoms with van der Waals surface area (Å²) >= 11 is 0. The van der Waals surface area contributed by atoms with E-state index < -0.39 is 80.6 Å². The van der Waals surface area contributed by atoms with Gasteiger partial charge >= 0.3 is 5.97 Å². The first-order valence-electron chi connectivity index (χ1n) is 10.9. The second kappa shape index (κ2) is 11.8. The molecule has 1 aromatic rings. The van der Waals surface area contributed by atoms with Crippen LogP contribution in [0.3, 0.4) is 0 Å². The molecule has 2 saturated heterocycles. The van der Waals surface area contributed by atoms with E-state index in [1.165, 1.54) is 31.4 Å². The number of methoxy groups -OCH3 is 1. The normalized spacial score (nSPS) is 36.8. The van der Waals surface area contributed by atoms with Crippen molar-refractivity contribution in [3.8, 4) is 11.5 Å². The van der Waals surface area contributed by atoms with Crippen LogP contribution in [-0.2, 0) is 23.7 Å². The molecule has 36 heavy (non-hydrogen) atoms. The summed E-state index contributed by atoms with van der Waals surface area (Å²) in [6.45, 7) is -2.34. The number of hydrogen-bond donors (Lipinski definition) is 8. The lowest BCUT2D eigenvalue weighted by atomic mass is 9.99. The molecule has 2 fully saturated rings. The molecule has 0 aliphatic carbocycles. The van der Waals surface area contributed by atoms with E-state index in [1.807, 2.05) is 0 Å². The van der Waals surface area contributed by atoms with E-state index in [4.69, 9.17) is 23.7 Å². The summed E-state index contributed by atoms with van der Waals surface area (Å²) in [6.07, 6.45) is -11.1. The van der Waals surface area contributed by atoms with E-state index in [2.05, 4.69) is 0 Å². The summed E-state index contributed by atoms with van der Waals surface area (Å²) in [4.78, 5) is 12.1. The van der Waals surface area contributed by atoms with Gasteiger partial charge in [-0.1, -0.05) is 6.07 Å². The lowest BCUT2D eigenvalue weighted by Gasteiger charge is -2.43. The van der Waals surface area contributed by atoms with Crippen molar-refractivity contribution in [2.24, 2.45) is 0 Å². The Bertz CT molecular complexity index is 924. The molecule has 0 spiro atoms. The standard InChI is InChI=1S/C22H30O14/c1-32-12-6-10(2-4-11(12)25)3-5-15(26)33-8-14-16(27)18(29)19(30)21(34-14)36-22(9-24)20(31)17(28)13(7-23)35-22/h2-6,13-14,16-21,23-25,27-31H,7-9H2,1H3/b5-3+/t13-,14-,16+,17-,18+,19-,20+,21-,22+/m1/s1. The zero-order valence-corrected chi connectivity index (χ0v) is 19.2.